The Morgan fingerprint density at radius 2 is 1.77 bits per heavy atom. The number of carbonyl (C=O) groups is 2. The van der Waals surface area contributed by atoms with Gasteiger partial charge in [-0.3, -0.25) is 9.59 Å². The third-order valence-electron chi connectivity index (χ3n) is 5.68. The van der Waals surface area contributed by atoms with Crippen LogP contribution in [0.15, 0.2) is 48.7 Å². The molecule has 30 heavy (non-hydrogen) atoms. The van der Waals surface area contributed by atoms with Gasteiger partial charge in [-0.1, -0.05) is 50.6 Å². The standard InChI is InChI=1S/C25H35N3O2/c1-3-5-13-24(29)27(16-4-2)20-25(30)28(22-14-15-22)19-23-12-9-17-26(23)18-21-10-7-6-8-11-21/h6-12,17,22H,3-5,13-16,18-20H2,1-2H3. The summed E-state index contributed by atoms with van der Waals surface area (Å²) in [5.74, 6) is 0.179. The van der Waals surface area contributed by atoms with E-state index < -0.39 is 0 Å². The molecule has 2 amide bonds. The molecular weight excluding hydrogens is 374 g/mol. The first-order valence-corrected chi connectivity index (χ1v) is 11.4. The van der Waals surface area contributed by atoms with Crippen LogP contribution in [0.4, 0.5) is 0 Å². The van der Waals surface area contributed by atoms with Gasteiger partial charge >= 0.3 is 0 Å². The Hall–Kier alpha value is -2.56. The zero-order valence-electron chi connectivity index (χ0n) is 18.4. The molecule has 0 atom stereocenters. The SMILES string of the molecule is CCCCC(=O)N(CCC)CC(=O)N(Cc1cccn1Cc1ccccc1)C1CC1. The molecule has 5 heteroatoms. The molecule has 1 aromatic carbocycles. The molecule has 5 nitrogen and oxygen atoms in total. The summed E-state index contributed by atoms with van der Waals surface area (Å²) in [6, 6.07) is 14.8. The zero-order valence-corrected chi connectivity index (χ0v) is 18.4. The number of carbonyl (C=O) groups excluding carboxylic acids is 2. The van der Waals surface area contributed by atoms with E-state index in [1.165, 1.54) is 5.56 Å². The van der Waals surface area contributed by atoms with Crippen molar-refractivity contribution in [1.82, 2.24) is 14.4 Å². The molecule has 0 aliphatic heterocycles. The summed E-state index contributed by atoms with van der Waals surface area (Å²) < 4.78 is 2.22. The van der Waals surface area contributed by atoms with Crippen molar-refractivity contribution < 1.29 is 9.59 Å². The predicted octanol–water partition coefficient (Wildman–Crippen LogP) is 4.46. The molecule has 2 aromatic rings. The smallest absolute Gasteiger partial charge is 0.242 e. The maximum atomic E-state index is 13.2. The summed E-state index contributed by atoms with van der Waals surface area (Å²) in [5.41, 5.74) is 2.38. The Labute approximate surface area is 180 Å². The van der Waals surface area contributed by atoms with Gasteiger partial charge in [0, 0.05) is 37.4 Å². The quantitative estimate of drug-likeness (QED) is 0.520. The highest BCUT2D eigenvalue weighted by Gasteiger charge is 2.34. The van der Waals surface area contributed by atoms with E-state index >= 15 is 0 Å². The van der Waals surface area contributed by atoms with Crippen LogP contribution in [0.2, 0.25) is 0 Å². The molecule has 0 unspecified atom stereocenters. The van der Waals surface area contributed by atoms with Crippen molar-refractivity contribution in [2.24, 2.45) is 0 Å². The van der Waals surface area contributed by atoms with E-state index in [9.17, 15) is 9.59 Å². The minimum Gasteiger partial charge on any atom is -0.345 e. The molecule has 0 bridgehead atoms. The van der Waals surface area contributed by atoms with Gasteiger partial charge in [-0.2, -0.15) is 0 Å². The molecule has 162 valence electrons. The fourth-order valence-corrected chi connectivity index (χ4v) is 3.81. The lowest BCUT2D eigenvalue weighted by Crippen LogP contribution is -2.44. The molecule has 1 fully saturated rings. The molecule has 1 saturated carbocycles. The Morgan fingerprint density at radius 3 is 2.43 bits per heavy atom. The first-order chi connectivity index (χ1) is 14.6. The first-order valence-electron chi connectivity index (χ1n) is 11.4. The molecule has 3 rings (SSSR count). The average Bonchev–Trinajstić information content (AvgIpc) is 3.50. The topological polar surface area (TPSA) is 45.6 Å². The number of amides is 2. The molecule has 1 aliphatic carbocycles. The van der Waals surface area contributed by atoms with E-state index in [0.717, 1.165) is 44.3 Å². The Balaban J connectivity index is 1.67. The summed E-state index contributed by atoms with van der Waals surface area (Å²) in [4.78, 5) is 29.5. The second-order valence-electron chi connectivity index (χ2n) is 8.28. The minimum absolute atomic E-state index is 0.0725. The van der Waals surface area contributed by atoms with Crippen molar-refractivity contribution in [3.8, 4) is 0 Å². The summed E-state index contributed by atoms with van der Waals surface area (Å²) in [7, 11) is 0. The van der Waals surface area contributed by atoms with Gasteiger partial charge in [0.05, 0.1) is 13.1 Å². The molecule has 0 radical (unpaired) electrons. The van der Waals surface area contributed by atoms with E-state index in [-0.39, 0.29) is 18.4 Å². The van der Waals surface area contributed by atoms with Crippen LogP contribution >= 0.6 is 0 Å². The van der Waals surface area contributed by atoms with Gasteiger partial charge in [0.1, 0.15) is 0 Å². The van der Waals surface area contributed by atoms with Crippen molar-refractivity contribution >= 4 is 11.8 Å². The predicted molar refractivity (Wildman–Crippen MR) is 120 cm³/mol. The van der Waals surface area contributed by atoms with Gasteiger partial charge in [-0.05, 0) is 43.4 Å². The van der Waals surface area contributed by atoms with Crippen molar-refractivity contribution in [2.75, 3.05) is 13.1 Å². The number of aromatic nitrogens is 1. The Morgan fingerprint density at radius 1 is 1.00 bits per heavy atom. The molecule has 1 aromatic heterocycles. The molecule has 1 aliphatic rings. The van der Waals surface area contributed by atoms with Gasteiger partial charge < -0.3 is 14.4 Å². The second-order valence-corrected chi connectivity index (χ2v) is 8.28. The highest BCUT2D eigenvalue weighted by molar-refractivity contribution is 5.85. The molecule has 1 heterocycles. The number of unbranched alkanes of at least 4 members (excludes halogenated alkanes) is 1. The van der Waals surface area contributed by atoms with Gasteiger partial charge in [0.15, 0.2) is 0 Å². The van der Waals surface area contributed by atoms with Crippen LogP contribution in [-0.2, 0) is 22.7 Å². The highest BCUT2D eigenvalue weighted by Crippen LogP contribution is 2.29. The van der Waals surface area contributed by atoms with Crippen molar-refractivity contribution in [2.45, 2.75) is 71.5 Å². The van der Waals surface area contributed by atoms with E-state index in [1.807, 2.05) is 17.0 Å². The van der Waals surface area contributed by atoms with Crippen LogP contribution in [0.1, 0.15) is 63.6 Å². The summed E-state index contributed by atoms with van der Waals surface area (Å²) in [5, 5.41) is 0. The monoisotopic (exact) mass is 409 g/mol. The maximum absolute atomic E-state index is 13.2. The van der Waals surface area contributed by atoms with Gasteiger partial charge in [0.2, 0.25) is 11.8 Å². The summed E-state index contributed by atoms with van der Waals surface area (Å²) in [6.45, 7) is 6.39. The number of benzene rings is 1. The lowest BCUT2D eigenvalue weighted by Gasteiger charge is -2.28. The van der Waals surface area contributed by atoms with Crippen LogP contribution in [0, 0.1) is 0 Å². The minimum atomic E-state index is 0.0725. The van der Waals surface area contributed by atoms with Gasteiger partial charge in [-0.25, -0.2) is 0 Å². The molecule has 0 saturated heterocycles. The number of hydrogen-bond donors (Lipinski definition) is 0. The molecular formula is C25H35N3O2. The van der Waals surface area contributed by atoms with E-state index in [1.54, 1.807) is 4.90 Å². The zero-order chi connectivity index (χ0) is 21.3. The van der Waals surface area contributed by atoms with Crippen molar-refractivity contribution in [3.05, 3.63) is 59.9 Å². The van der Waals surface area contributed by atoms with Crippen LogP contribution in [0.25, 0.3) is 0 Å². The number of nitrogens with zero attached hydrogens (tertiary/aromatic N) is 3. The van der Waals surface area contributed by atoms with Crippen LogP contribution in [-0.4, -0.2) is 45.3 Å². The Kier molecular flexibility index (Phi) is 8.12. The van der Waals surface area contributed by atoms with Crippen LogP contribution < -0.4 is 0 Å². The third kappa shape index (κ3) is 6.22. The molecule has 0 spiro atoms. The first kappa shape index (κ1) is 22.1. The lowest BCUT2D eigenvalue weighted by molar-refractivity contribution is -0.141. The number of hydrogen-bond acceptors (Lipinski definition) is 2. The normalized spacial score (nSPS) is 13.3. The van der Waals surface area contributed by atoms with Gasteiger partial charge in [-0.15, -0.1) is 0 Å². The van der Waals surface area contributed by atoms with Gasteiger partial charge in [0.25, 0.3) is 0 Å². The third-order valence-corrected chi connectivity index (χ3v) is 5.68. The highest BCUT2D eigenvalue weighted by atomic mass is 16.2. The lowest BCUT2D eigenvalue weighted by atomic mass is 10.2. The van der Waals surface area contributed by atoms with Crippen molar-refractivity contribution in [3.63, 3.8) is 0 Å². The maximum Gasteiger partial charge on any atom is 0.242 e. The summed E-state index contributed by atoms with van der Waals surface area (Å²) >= 11 is 0. The fraction of sp³-hybridized carbons (Fsp3) is 0.520. The van der Waals surface area contributed by atoms with E-state index in [2.05, 4.69) is 54.9 Å². The Bertz CT molecular complexity index is 811. The second kappa shape index (κ2) is 11.0. The average molecular weight is 410 g/mol. The van der Waals surface area contributed by atoms with E-state index in [0.29, 0.717) is 25.6 Å². The molecule has 0 N–H and O–H groups in total. The fourth-order valence-electron chi connectivity index (χ4n) is 3.81. The van der Waals surface area contributed by atoms with Crippen LogP contribution in [0.5, 0.6) is 0 Å². The van der Waals surface area contributed by atoms with Crippen molar-refractivity contribution in [1.29, 1.82) is 0 Å². The van der Waals surface area contributed by atoms with Crippen LogP contribution in [0.3, 0.4) is 0 Å². The largest absolute Gasteiger partial charge is 0.345 e. The van der Waals surface area contributed by atoms with E-state index in [4.69, 9.17) is 0 Å². The summed E-state index contributed by atoms with van der Waals surface area (Å²) in [6.07, 6.45) is 7.47. The number of rotatable bonds is 12.